The molecule has 9 heteroatoms. The molecule has 0 radical (unpaired) electrons. The molecule has 25 heavy (non-hydrogen) atoms. The van der Waals surface area contributed by atoms with Gasteiger partial charge in [0.05, 0.1) is 4.92 Å². The second-order valence-electron chi connectivity index (χ2n) is 5.80. The Morgan fingerprint density at radius 3 is 2.44 bits per heavy atom. The Kier molecular flexibility index (Phi) is 5.48. The first-order chi connectivity index (χ1) is 12.0. The van der Waals surface area contributed by atoms with Gasteiger partial charge in [-0.15, -0.1) is 11.3 Å². The molecule has 1 saturated heterocycles. The number of nitrogens with zero attached hydrogens (tertiary/aromatic N) is 3. The predicted octanol–water partition coefficient (Wildman–Crippen LogP) is 2.21. The fourth-order valence-corrected chi connectivity index (χ4v) is 5.16. The summed E-state index contributed by atoms with van der Waals surface area (Å²) in [5.41, 5.74) is -0.373. The molecule has 2 aromatic rings. The molecule has 0 N–H and O–H groups in total. The van der Waals surface area contributed by atoms with Gasteiger partial charge < -0.3 is 4.90 Å². The molecule has 3 rings (SSSR count). The molecule has 1 fully saturated rings. The van der Waals surface area contributed by atoms with E-state index in [-0.39, 0.29) is 10.6 Å². The van der Waals surface area contributed by atoms with Crippen molar-refractivity contribution in [1.82, 2.24) is 9.21 Å². The van der Waals surface area contributed by atoms with Gasteiger partial charge in [-0.1, -0.05) is 18.2 Å². The highest BCUT2D eigenvalue weighted by molar-refractivity contribution is 7.89. The van der Waals surface area contributed by atoms with Crippen LogP contribution in [-0.2, 0) is 16.4 Å². The van der Waals surface area contributed by atoms with E-state index in [1.165, 1.54) is 33.4 Å². The minimum absolute atomic E-state index is 0.230. The summed E-state index contributed by atoms with van der Waals surface area (Å²) >= 11 is 1.72. The SMILES string of the molecule is O=[N+]([O-])c1ccccc1S(=O)(=O)N1CCN(CCc2cccs2)CC1. The van der Waals surface area contributed by atoms with Crippen LogP contribution in [0, 0.1) is 10.1 Å². The molecule has 0 aliphatic carbocycles. The summed E-state index contributed by atoms with van der Waals surface area (Å²) in [4.78, 5) is 13.8. The highest BCUT2D eigenvalue weighted by atomic mass is 32.2. The number of piperazine rings is 1. The van der Waals surface area contributed by atoms with Gasteiger partial charge in [0.2, 0.25) is 10.0 Å². The van der Waals surface area contributed by atoms with Gasteiger partial charge >= 0.3 is 0 Å². The quantitative estimate of drug-likeness (QED) is 0.566. The van der Waals surface area contributed by atoms with Crippen LogP contribution in [0.15, 0.2) is 46.7 Å². The Labute approximate surface area is 150 Å². The van der Waals surface area contributed by atoms with Crippen LogP contribution in [0.3, 0.4) is 0 Å². The minimum atomic E-state index is -3.85. The van der Waals surface area contributed by atoms with Crippen LogP contribution in [0.1, 0.15) is 4.88 Å². The van der Waals surface area contributed by atoms with Crippen molar-refractivity contribution in [1.29, 1.82) is 0 Å². The van der Waals surface area contributed by atoms with Crippen molar-refractivity contribution in [3.05, 3.63) is 56.8 Å². The van der Waals surface area contributed by atoms with E-state index in [0.29, 0.717) is 26.2 Å². The Hall–Kier alpha value is -1.81. The van der Waals surface area contributed by atoms with E-state index >= 15 is 0 Å². The van der Waals surface area contributed by atoms with Crippen LogP contribution in [-0.4, -0.2) is 55.3 Å². The third kappa shape index (κ3) is 4.06. The average molecular weight is 381 g/mol. The number of thiophene rings is 1. The molecular weight excluding hydrogens is 362 g/mol. The fraction of sp³-hybridized carbons (Fsp3) is 0.375. The van der Waals surface area contributed by atoms with E-state index in [4.69, 9.17) is 0 Å². The number of benzene rings is 1. The topological polar surface area (TPSA) is 83.8 Å². The summed E-state index contributed by atoms with van der Waals surface area (Å²) in [7, 11) is -3.85. The Morgan fingerprint density at radius 2 is 1.80 bits per heavy atom. The number of hydrogen-bond acceptors (Lipinski definition) is 6. The summed E-state index contributed by atoms with van der Waals surface area (Å²) in [5, 5.41) is 13.2. The zero-order valence-corrected chi connectivity index (χ0v) is 15.2. The summed E-state index contributed by atoms with van der Waals surface area (Å²) in [6.07, 6.45) is 0.953. The van der Waals surface area contributed by atoms with E-state index in [2.05, 4.69) is 11.0 Å². The normalized spacial score (nSPS) is 16.8. The van der Waals surface area contributed by atoms with Crippen molar-refractivity contribution >= 4 is 27.0 Å². The van der Waals surface area contributed by atoms with Crippen molar-refractivity contribution in [2.75, 3.05) is 32.7 Å². The Balaban J connectivity index is 1.65. The van der Waals surface area contributed by atoms with Crippen LogP contribution in [0.2, 0.25) is 0 Å². The monoisotopic (exact) mass is 381 g/mol. The molecule has 0 saturated carbocycles. The smallest absolute Gasteiger partial charge is 0.289 e. The molecule has 2 heterocycles. The van der Waals surface area contributed by atoms with Gasteiger partial charge in [0.15, 0.2) is 4.90 Å². The third-order valence-electron chi connectivity index (χ3n) is 4.27. The minimum Gasteiger partial charge on any atom is -0.300 e. The van der Waals surface area contributed by atoms with Crippen LogP contribution >= 0.6 is 11.3 Å². The van der Waals surface area contributed by atoms with Gasteiger partial charge in [0, 0.05) is 43.7 Å². The lowest BCUT2D eigenvalue weighted by molar-refractivity contribution is -0.387. The fourth-order valence-electron chi connectivity index (χ4n) is 2.88. The van der Waals surface area contributed by atoms with Gasteiger partial charge in [0.25, 0.3) is 5.69 Å². The summed E-state index contributed by atoms with van der Waals surface area (Å²) in [6, 6.07) is 9.63. The lowest BCUT2D eigenvalue weighted by atomic mass is 10.3. The van der Waals surface area contributed by atoms with Crippen LogP contribution in [0.4, 0.5) is 5.69 Å². The maximum Gasteiger partial charge on any atom is 0.289 e. The molecule has 0 spiro atoms. The largest absolute Gasteiger partial charge is 0.300 e. The highest BCUT2D eigenvalue weighted by Gasteiger charge is 2.33. The summed E-state index contributed by atoms with van der Waals surface area (Å²) in [6.45, 7) is 2.84. The van der Waals surface area contributed by atoms with E-state index in [1.807, 2.05) is 11.4 Å². The van der Waals surface area contributed by atoms with E-state index in [0.717, 1.165) is 13.0 Å². The average Bonchev–Trinajstić information content (AvgIpc) is 3.14. The highest BCUT2D eigenvalue weighted by Crippen LogP contribution is 2.26. The third-order valence-corrected chi connectivity index (χ3v) is 7.15. The predicted molar refractivity (Wildman–Crippen MR) is 96.3 cm³/mol. The van der Waals surface area contributed by atoms with Crippen LogP contribution in [0.5, 0.6) is 0 Å². The van der Waals surface area contributed by atoms with Crippen LogP contribution < -0.4 is 0 Å². The molecule has 0 bridgehead atoms. The maximum absolute atomic E-state index is 12.8. The summed E-state index contributed by atoms with van der Waals surface area (Å²) in [5.74, 6) is 0. The van der Waals surface area contributed by atoms with E-state index < -0.39 is 14.9 Å². The number of nitro groups is 1. The van der Waals surface area contributed by atoms with Gasteiger partial charge in [-0.25, -0.2) is 8.42 Å². The van der Waals surface area contributed by atoms with Crippen molar-refractivity contribution in [2.45, 2.75) is 11.3 Å². The Bertz CT molecular complexity index is 829. The zero-order chi connectivity index (χ0) is 17.9. The van der Waals surface area contributed by atoms with Crippen molar-refractivity contribution in [2.24, 2.45) is 0 Å². The second kappa shape index (κ2) is 7.61. The van der Waals surface area contributed by atoms with Crippen molar-refractivity contribution in [3.8, 4) is 0 Å². The van der Waals surface area contributed by atoms with Gasteiger partial charge in [-0.05, 0) is 23.9 Å². The first kappa shape index (κ1) is 18.0. The number of nitro benzene ring substituents is 1. The first-order valence-electron chi connectivity index (χ1n) is 7.97. The molecule has 1 aliphatic heterocycles. The van der Waals surface area contributed by atoms with Crippen molar-refractivity contribution < 1.29 is 13.3 Å². The second-order valence-corrected chi connectivity index (χ2v) is 8.74. The number of rotatable bonds is 6. The van der Waals surface area contributed by atoms with E-state index in [1.54, 1.807) is 11.3 Å². The number of sulfonamides is 1. The lowest BCUT2D eigenvalue weighted by Crippen LogP contribution is -2.49. The molecule has 1 aromatic heterocycles. The zero-order valence-electron chi connectivity index (χ0n) is 13.6. The molecule has 0 atom stereocenters. The van der Waals surface area contributed by atoms with Crippen LogP contribution in [0.25, 0.3) is 0 Å². The summed E-state index contributed by atoms with van der Waals surface area (Å²) < 4.78 is 26.9. The van der Waals surface area contributed by atoms with Gasteiger partial charge in [-0.3, -0.25) is 10.1 Å². The molecule has 134 valence electrons. The van der Waals surface area contributed by atoms with Gasteiger partial charge in [0.1, 0.15) is 0 Å². The Morgan fingerprint density at radius 1 is 1.08 bits per heavy atom. The van der Waals surface area contributed by atoms with E-state index in [9.17, 15) is 18.5 Å². The molecule has 1 aromatic carbocycles. The van der Waals surface area contributed by atoms with Gasteiger partial charge in [-0.2, -0.15) is 4.31 Å². The lowest BCUT2D eigenvalue weighted by Gasteiger charge is -2.33. The number of hydrogen-bond donors (Lipinski definition) is 0. The molecule has 0 amide bonds. The molecule has 7 nitrogen and oxygen atoms in total. The van der Waals surface area contributed by atoms with Crippen molar-refractivity contribution in [3.63, 3.8) is 0 Å². The maximum atomic E-state index is 12.8. The molecular formula is C16H19N3O4S2. The number of para-hydroxylation sites is 1. The molecule has 1 aliphatic rings. The standard InChI is InChI=1S/C16H19N3O4S2/c20-19(21)15-5-1-2-6-16(15)25(22,23)18-11-9-17(10-12-18)8-7-14-4-3-13-24-14/h1-6,13H,7-12H2. The first-order valence-corrected chi connectivity index (χ1v) is 10.3. The molecule has 0 unspecified atom stereocenters.